The second-order valence-electron chi connectivity index (χ2n) is 5.75. The van der Waals surface area contributed by atoms with Crippen LogP contribution in [0.2, 0.25) is 5.02 Å². The molecule has 7 heteroatoms. The number of anilines is 1. The van der Waals surface area contributed by atoms with Gasteiger partial charge in [-0.05, 0) is 31.9 Å². The van der Waals surface area contributed by atoms with Crippen LogP contribution < -0.4 is 11.1 Å². The Labute approximate surface area is 145 Å². The largest absolute Gasteiger partial charge is 0.376 e. The number of hydrogen-bond donors (Lipinski definition) is 2. The maximum atomic E-state index is 12.2. The summed E-state index contributed by atoms with van der Waals surface area (Å²) in [6, 6.07) is 7.08. The van der Waals surface area contributed by atoms with Crippen molar-refractivity contribution < 1.29 is 9.53 Å². The molecule has 3 N–H and O–H groups in total. The molecule has 1 aliphatic heterocycles. The lowest BCUT2D eigenvalue weighted by Crippen LogP contribution is -2.31. The summed E-state index contributed by atoms with van der Waals surface area (Å²) >= 11 is 6.25. The normalized spacial score (nSPS) is 17.0. The minimum Gasteiger partial charge on any atom is -0.376 e. The summed E-state index contributed by atoms with van der Waals surface area (Å²) in [6.45, 7) is 3.09. The minimum atomic E-state index is -0.124. The van der Waals surface area contributed by atoms with E-state index >= 15 is 0 Å². The molecule has 1 atom stereocenters. The lowest BCUT2D eigenvalue weighted by Gasteiger charge is -2.11. The van der Waals surface area contributed by atoms with Gasteiger partial charge in [-0.15, -0.1) is 0 Å². The Morgan fingerprint density at radius 1 is 1.38 bits per heavy atom. The summed E-state index contributed by atoms with van der Waals surface area (Å²) in [7, 11) is 0. The molecule has 2 heterocycles. The van der Waals surface area contributed by atoms with Gasteiger partial charge in [-0.25, -0.2) is 9.97 Å². The average molecular weight is 347 g/mol. The van der Waals surface area contributed by atoms with Crippen molar-refractivity contribution in [3.05, 3.63) is 40.5 Å². The van der Waals surface area contributed by atoms with Gasteiger partial charge in [0, 0.05) is 24.3 Å². The van der Waals surface area contributed by atoms with Gasteiger partial charge in [-0.3, -0.25) is 4.79 Å². The Kier molecular flexibility index (Phi) is 4.97. The molecular formula is C17H19ClN4O2. The molecule has 0 saturated carbocycles. The molecule has 6 nitrogen and oxygen atoms in total. The maximum absolute atomic E-state index is 12.2. The van der Waals surface area contributed by atoms with Crippen LogP contribution in [0.5, 0.6) is 0 Å². The molecule has 0 radical (unpaired) electrons. The Morgan fingerprint density at radius 2 is 2.12 bits per heavy atom. The predicted octanol–water partition coefficient (Wildman–Crippen LogP) is 2.60. The summed E-state index contributed by atoms with van der Waals surface area (Å²) < 4.78 is 5.50. The average Bonchev–Trinajstić information content (AvgIpc) is 3.09. The number of nitrogens with one attached hydrogen (secondary N) is 1. The first-order valence-corrected chi connectivity index (χ1v) is 8.22. The first kappa shape index (κ1) is 16.7. The summed E-state index contributed by atoms with van der Waals surface area (Å²) in [5.41, 5.74) is 8.23. The molecule has 2 aromatic rings. The number of hydrogen-bond acceptors (Lipinski definition) is 5. The fraction of sp³-hybridized carbons (Fsp3) is 0.353. The Balaban J connectivity index is 1.72. The lowest BCUT2D eigenvalue weighted by molar-refractivity contribution is 0.0858. The molecule has 0 aliphatic carbocycles. The van der Waals surface area contributed by atoms with Crippen molar-refractivity contribution in [3.8, 4) is 11.3 Å². The van der Waals surface area contributed by atoms with Gasteiger partial charge in [0.2, 0.25) is 5.95 Å². The highest BCUT2D eigenvalue weighted by molar-refractivity contribution is 6.33. The molecule has 1 aliphatic rings. The van der Waals surface area contributed by atoms with Gasteiger partial charge in [0.25, 0.3) is 5.91 Å². The third kappa shape index (κ3) is 3.66. The Bertz CT molecular complexity index is 743. The van der Waals surface area contributed by atoms with E-state index in [1.165, 1.54) is 0 Å². The van der Waals surface area contributed by atoms with E-state index in [4.69, 9.17) is 22.1 Å². The number of halogens is 1. The number of carbonyl (C=O) groups is 1. The monoisotopic (exact) mass is 346 g/mol. The van der Waals surface area contributed by atoms with Gasteiger partial charge >= 0.3 is 0 Å². The van der Waals surface area contributed by atoms with Crippen LogP contribution in [0, 0.1) is 6.92 Å². The summed E-state index contributed by atoms with van der Waals surface area (Å²) in [5, 5.41) is 3.35. The number of aromatic nitrogens is 2. The van der Waals surface area contributed by atoms with E-state index < -0.39 is 0 Å². The zero-order valence-corrected chi connectivity index (χ0v) is 14.1. The number of rotatable bonds is 4. The van der Waals surface area contributed by atoms with Crippen LogP contribution >= 0.6 is 11.6 Å². The fourth-order valence-corrected chi connectivity index (χ4v) is 2.86. The number of carbonyl (C=O) groups excluding carboxylic acids is 1. The van der Waals surface area contributed by atoms with Crippen LogP contribution in [0.4, 0.5) is 5.95 Å². The molecule has 1 fully saturated rings. The first-order chi connectivity index (χ1) is 11.5. The highest BCUT2D eigenvalue weighted by Gasteiger charge is 2.17. The van der Waals surface area contributed by atoms with Crippen LogP contribution in [-0.2, 0) is 4.74 Å². The van der Waals surface area contributed by atoms with Crippen molar-refractivity contribution in [1.82, 2.24) is 15.3 Å². The van der Waals surface area contributed by atoms with Gasteiger partial charge < -0.3 is 15.8 Å². The van der Waals surface area contributed by atoms with E-state index in [1.807, 2.05) is 0 Å². The van der Waals surface area contributed by atoms with Crippen LogP contribution in [0.3, 0.4) is 0 Å². The molecule has 3 rings (SSSR count). The number of benzene rings is 1. The molecule has 126 valence electrons. The lowest BCUT2D eigenvalue weighted by atomic mass is 10.1. The fourth-order valence-electron chi connectivity index (χ4n) is 2.67. The van der Waals surface area contributed by atoms with Crippen LogP contribution in [-0.4, -0.2) is 35.1 Å². The Hall–Kier alpha value is -2.18. The molecule has 1 aromatic heterocycles. The molecule has 24 heavy (non-hydrogen) atoms. The molecule has 0 spiro atoms. The van der Waals surface area contributed by atoms with E-state index in [0.717, 1.165) is 25.0 Å². The SMILES string of the molecule is Cc1nc(N)nc(-c2ccc(C(=O)NC[C@H]3CCCO3)cc2)c1Cl. The van der Waals surface area contributed by atoms with E-state index in [2.05, 4.69) is 15.3 Å². The topological polar surface area (TPSA) is 90.1 Å². The molecular weight excluding hydrogens is 328 g/mol. The van der Waals surface area contributed by atoms with Gasteiger partial charge in [-0.1, -0.05) is 23.7 Å². The smallest absolute Gasteiger partial charge is 0.251 e. The zero-order valence-electron chi connectivity index (χ0n) is 13.4. The van der Waals surface area contributed by atoms with Crippen molar-refractivity contribution in [2.24, 2.45) is 0 Å². The third-order valence-electron chi connectivity index (χ3n) is 3.97. The highest BCUT2D eigenvalue weighted by atomic mass is 35.5. The standard InChI is InChI=1S/C17H19ClN4O2/c1-10-14(18)15(22-17(19)21-10)11-4-6-12(7-5-11)16(23)20-9-13-3-2-8-24-13/h4-7,13H,2-3,8-9H2,1H3,(H,20,23)(H2,19,21,22)/t13-/m1/s1. The molecule has 1 aromatic carbocycles. The van der Waals surface area contributed by atoms with Crippen molar-refractivity contribution in [3.63, 3.8) is 0 Å². The summed E-state index contributed by atoms with van der Waals surface area (Å²) in [6.07, 6.45) is 2.17. The number of amides is 1. The van der Waals surface area contributed by atoms with E-state index in [-0.39, 0.29) is 18.0 Å². The van der Waals surface area contributed by atoms with Crippen molar-refractivity contribution >= 4 is 23.5 Å². The third-order valence-corrected chi connectivity index (χ3v) is 4.42. The molecule has 0 unspecified atom stereocenters. The zero-order chi connectivity index (χ0) is 17.1. The van der Waals surface area contributed by atoms with E-state index in [0.29, 0.717) is 28.5 Å². The van der Waals surface area contributed by atoms with Crippen molar-refractivity contribution in [2.45, 2.75) is 25.9 Å². The summed E-state index contributed by atoms with van der Waals surface area (Å²) in [4.78, 5) is 20.4. The van der Waals surface area contributed by atoms with Gasteiger partial charge in [0.05, 0.1) is 22.5 Å². The predicted molar refractivity (Wildman–Crippen MR) is 92.9 cm³/mol. The number of nitrogens with zero attached hydrogens (tertiary/aromatic N) is 2. The van der Waals surface area contributed by atoms with Crippen molar-refractivity contribution in [1.29, 1.82) is 0 Å². The number of nitrogen functional groups attached to an aromatic ring is 1. The maximum Gasteiger partial charge on any atom is 0.251 e. The number of nitrogens with two attached hydrogens (primary N) is 1. The van der Waals surface area contributed by atoms with Gasteiger partial charge in [-0.2, -0.15) is 0 Å². The quantitative estimate of drug-likeness (QED) is 0.888. The molecule has 0 bridgehead atoms. The van der Waals surface area contributed by atoms with Crippen LogP contribution in [0.25, 0.3) is 11.3 Å². The van der Waals surface area contributed by atoms with Crippen molar-refractivity contribution in [2.75, 3.05) is 18.9 Å². The van der Waals surface area contributed by atoms with E-state index in [1.54, 1.807) is 31.2 Å². The first-order valence-electron chi connectivity index (χ1n) is 7.84. The van der Waals surface area contributed by atoms with Crippen LogP contribution in [0.1, 0.15) is 28.9 Å². The number of ether oxygens (including phenoxy) is 1. The molecule has 1 amide bonds. The van der Waals surface area contributed by atoms with Gasteiger partial charge in [0.1, 0.15) is 0 Å². The second-order valence-corrected chi connectivity index (χ2v) is 6.13. The highest BCUT2D eigenvalue weighted by Crippen LogP contribution is 2.28. The Morgan fingerprint density at radius 3 is 2.79 bits per heavy atom. The van der Waals surface area contributed by atoms with Gasteiger partial charge in [0.15, 0.2) is 0 Å². The van der Waals surface area contributed by atoms with E-state index in [9.17, 15) is 4.79 Å². The second kappa shape index (κ2) is 7.15. The minimum absolute atomic E-state index is 0.124. The number of aryl methyl sites for hydroxylation is 1. The molecule has 1 saturated heterocycles. The summed E-state index contributed by atoms with van der Waals surface area (Å²) in [5.74, 6) is 0.0480. The van der Waals surface area contributed by atoms with Crippen LogP contribution in [0.15, 0.2) is 24.3 Å².